The molecular formula is C9H6ClFO. The molecule has 0 spiro atoms. The summed E-state index contributed by atoms with van der Waals surface area (Å²) in [6.07, 6.45) is 0.920. The van der Waals surface area contributed by atoms with Crippen LogP contribution < -0.4 is 0 Å². The van der Waals surface area contributed by atoms with Gasteiger partial charge in [-0.05, 0) is 24.1 Å². The normalized spacial score (nSPS) is 15.0. The maximum absolute atomic E-state index is 13.1. The second-order valence-corrected chi connectivity index (χ2v) is 3.27. The van der Waals surface area contributed by atoms with Crippen molar-refractivity contribution in [3.63, 3.8) is 0 Å². The fraction of sp³-hybridized carbons (Fsp3) is 0.222. The third kappa shape index (κ3) is 1.03. The summed E-state index contributed by atoms with van der Waals surface area (Å²) >= 11 is 5.60. The van der Waals surface area contributed by atoms with E-state index in [1.54, 1.807) is 0 Å². The maximum Gasteiger partial charge on any atom is 0.163 e. The molecule has 0 aromatic heterocycles. The highest BCUT2D eigenvalue weighted by Gasteiger charge is 2.22. The summed E-state index contributed by atoms with van der Waals surface area (Å²) in [5.74, 6) is -0.366. The summed E-state index contributed by atoms with van der Waals surface area (Å²) in [6.45, 7) is 0. The molecule has 1 aromatic rings. The molecule has 0 bridgehead atoms. The molecule has 12 heavy (non-hydrogen) atoms. The average molecular weight is 185 g/mol. The Morgan fingerprint density at radius 3 is 2.83 bits per heavy atom. The standard InChI is InChI=1S/C9H6ClFO/c10-5-3-7-6(8(11)4-5)1-2-9(7)12/h3-4H,1-2H2. The van der Waals surface area contributed by atoms with E-state index in [1.807, 2.05) is 0 Å². The monoisotopic (exact) mass is 184 g/mol. The van der Waals surface area contributed by atoms with E-state index in [0.29, 0.717) is 29.0 Å². The van der Waals surface area contributed by atoms with Gasteiger partial charge < -0.3 is 0 Å². The molecular weight excluding hydrogens is 179 g/mol. The number of Topliss-reactive ketones (excluding diaryl/α,β-unsaturated/α-hetero) is 1. The van der Waals surface area contributed by atoms with Gasteiger partial charge in [0.1, 0.15) is 5.82 Å². The Morgan fingerprint density at radius 2 is 2.08 bits per heavy atom. The Kier molecular flexibility index (Phi) is 1.65. The van der Waals surface area contributed by atoms with E-state index in [2.05, 4.69) is 0 Å². The lowest BCUT2D eigenvalue weighted by Gasteiger charge is -1.99. The molecule has 0 radical (unpaired) electrons. The van der Waals surface area contributed by atoms with E-state index in [1.165, 1.54) is 12.1 Å². The number of ketones is 1. The molecule has 1 nitrogen and oxygen atoms in total. The highest BCUT2D eigenvalue weighted by atomic mass is 35.5. The molecule has 0 aliphatic heterocycles. The van der Waals surface area contributed by atoms with Crippen LogP contribution in [-0.4, -0.2) is 5.78 Å². The fourth-order valence-electron chi connectivity index (χ4n) is 1.48. The Bertz CT molecular complexity index is 360. The van der Waals surface area contributed by atoms with Crippen LogP contribution in [0.15, 0.2) is 12.1 Å². The van der Waals surface area contributed by atoms with Crippen LogP contribution in [0.1, 0.15) is 22.3 Å². The van der Waals surface area contributed by atoms with Crippen LogP contribution in [0.5, 0.6) is 0 Å². The van der Waals surface area contributed by atoms with Crippen LogP contribution in [0.25, 0.3) is 0 Å². The van der Waals surface area contributed by atoms with Crippen molar-refractivity contribution in [2.24, 2.45) is 0 Å². The number of fused-ring (bicyclic) bond motifs is 1. The summed E-state index contributed by atoms with van der Waals surface area (Å²) < 4.78 is 13.1. The zero-order chi connectivity index (χ0) is 8.72. The van der Waals surface area contributed by atoms with Gasteiger partial charge in [-0.1, -0.05) is 11.6 Å². The second-order valence-electron chi connectivity index (χ2n) is 2.84. The van der Waals surface area contributed by atoms with Gasteiger partial charge >= 0.3 is 0 Å². The Labute approximate surface area is 74.2 Å². The minimum Gasteiger partial charge on any atom is -0.294 e. The van der Waals surface area contributed by atoms with E-state index in [4.69, 9.17) is 11.6 Å². The van der Waals surface area contributed by atoms with Gasteiger partial charge in [0.25, 0.3) is 0 Å². The van der Waals surface area contributed by atoms with Gasteiger partial charge in [0, 0.05) is 17.0 Å². The molecule has 0 fully saturated rings. The SMILES string of the molecule is O=C1CCc2c(F)cc(Cl)cc21. The molecule has 0 heterocycles. The highest BCUT2D eigenvalue weighted by molar-refractivity contribution is 6.31. The topological polar surface area (TPSA) is 17.1 Å². The van der Waals surface area contributed by atoms with Gasteiger partial charge in [0.05, 0.1) is 0 Å². The molecule has 0 unspecified atom stereocenters. The molecule has 2 rings (SSSR count). The van der Waals surface area contributed by atoms with Gasteiger partial charge in [-0.2, -0.15) is 0 Å². The molecule has 0 atom stereocenters. The first-order valence-corrected chi connectivity index (χ1v) is 4.07. The minimum absolute atomic E-state index is 0.00796. The predicted octanol–water partition coefficient (Wildman–Crippen LogP) is 2.61. The van der Waals surface area contributed by atoms with Gasteiger partial charge in [0.2, 0.25) is 0 Å². The molecule has 0 N–H and O–H groups in total. The molecule has 0 saturated heterocycles. The molecule has 62 valence electrons. The number of halogens is 2. The third-order valence-corrected chi connectivity index (χ3v) is 2.28. The van der Waals surface area contributed by atoms with Crippen molar-refractivity contribution in [3.8, 4) is 0 Å². The van der Waals surface area contributed by atoms with Crippen LogP contribution in [0.2, 0.25) is 5.02 Å². The Balaban J connectivity index is 2.68. The van der Waals surface area contributed by atoms with Gasteiger partial charge in [-0.3, -0.25) is 4.79 Å². The molecule has 1 aliphatic rings. The van der Waals surface area contributed by atoms with Crippen LogP contribution in [0.4, 0.5) is 4.39 Å². The quantitative estimate of drug-likeness (QED) is 0.606. The van der Waals surface area contributed by atoms with E-state index < -0.39 is 0 Å². The van der Waals surface area contributed by atoms with E-state index in [9.17, 15) is 9.18 Å². The number of rotatable bonds is 0. The van der Waals surface area contributed by atoms with Gasteiger partial charge in [-0.15, -0.1) is 0 Å². The number of carbonyl (C=O) groups excluding carboxylic acids is 1. The van der Waals surface area contributed by atoms with Crippen molar-refractivity contribution < 1.29 is 9.18 Å². The zero-order valence-corrected chi connectivity index (χ0v) is 6.99. The van der Waals surface area contributed by atoms with Gasteiger partial charge in [-0.25, -0.2) is 4.39 Å². The predicted molar refractivity (Wildman–Crippen MR) is 44.1 cm³/mol. The smallest absolute Gasteiger partial charge is 0.163 e. The van der Waals surface area contributed by atoms with Crippen LogP contribution in [0.3, 0.4) is 0 Å². The van der Waals surface area contributed by atoms with Crippen LogP contribution in [0, 0.1) is 5.82 Å². The van der Waals surface area contributed by atoms with Crippen molar-refractivity contribution in [2.45, 2.75) is 12.8 Å². The number of carbonyl (C=O) groups is 1. The Hall–Kier alpha value is -0.890. The Morgan fingerprint density at radius 1 is 1.33 bits per heavy atom. The largest absolute Gasteiger partial charge is 0.294 e. The van der Waals surface area contributed by atoms with Crippen molar-refractivity contribution in [3.05, 3.63) is 34.1 Å². The van der Waals surface area contributed by atoms with Crippen molar-refractivity contribution in [2.75, 3.05) is 0 Å². The molecule has 1 aliphatic carbocycles. The summed E-state index contributed by atoms with van der Waals surface area (Å²) in [6, 6.07) is 2.79. The summed E-state index contributed by atoms with van der Waals surface area (Å²) in [7, 11) is 0. The lowest BCUT2D eigenvalue weighted by Crippen LogP contribution is -1.92. The minimum atomic E-state index is -0.358. The van der Waals surface area contributed by atoms with E-state index in [0.717, 1.165) is 0 Å². The molecule has 0 saturated carbocycles. The number of benzene rings is 1. The van der Waals surface area contributed by atoms with E-state index >= 15 is 0 Å². The molecule has 0 amide bonds. The summed E-state index contributed by atoms with van der Waals surface area (Å²) in [5.41, 5.74) is 0.976. The van der Waals surface area contributed by atoms with E-state index in [-0.39, 0.29) is 11.6 Å². The fourth-order valence-corrected chi connectivity index (χ4v) is 1.68. The van der Waals surface area contributed by atoms with Crippen molar-refractivity contribution in [1.82, 2.24) is 0 Å². The first-order chi connectivity index (χ1) is 5.68. The first-order valence-electron chi connectivity index (χ1n) is 3.69. The zero-order valence-electron chi connectivity index (χ0n) is 6.23. The lowest BCUT2D eigenvalue weighted by molar-refractivity contribution is 0.0994. The summed E-state index contributed by atoms with van der Waals surface area (Å²) in [5, 5.41) is 0.293. The first kappa shape index (κ1) is 7.74. The molecule has 3 heteroatoms. The maximum atomic E-state index is 13.1. The van der Waals surface area contributed by atoms with Gasteiger partial charge in [0.15, 0.2) is 5.78 Å². The lowest BCUT2D eigenvalue weighted by atomic mass is 10.1. The van der Waals surface area contributed by atoms with Crippen molar-refractivity contribution >= 4 is 17.4 Å². The summed E-state index contributed by atoms with van der Waals surface area (Å²) in [4.78, 5) is 11.1. The molecule has 1 aromatic carbocycles. The third-order valence-electron chi connectivity index (χ3n) is 2.06. The number of hydrogen-bond donors (Lipinski definition) is 0. The highest BCUT2D eigenvalue weighted by Crippen LogP contribution is 2.27. The van der Waals surface area contributed by atoms with Crippen LogP contribution >= 0.6 is 11.6 Å². The van der Waals surface area contributed by atoms with Crippen LogP contribution in [-0.2, 0) is 6.42 Å². The van der Waals surface area contributed by atoms with Crippen molar-refractivity contribution in [1.29, 1.82) is 0 Å². The number of hydrogen-bond acceptors (Lipinski definition) is 1. The average Bonchev–Trinajstić information content (AvgIpc) is 2.33. The second kappa shape index (κ2) is 2.56.